The van der Waals surface area contributed by atoms with Gasteiger partial charge in [-0.2, -0.15) is 5.10 Å². The average Bonchev–Trinajstić information content (AvgIpc) is 3.17. The molecule has 1 aliphatic rings. The topological polar surface area (TPSA) is 79.9 Å². The molecule has 0 saturated heterocycles. The first-order valence-corrected chi connectivity index (χ1v) is 6.13. The number of pyridine rings is 1. The van der Waals surface area contributed by atoms with Gasteiger partial charge in [0.15, 0.2) is 5.69 Å². The van der Waals surface area contributed by atoms with E-state index >= 15 is 0 Å². The van der Waals surface area contributed by atoms with Crippen LogP contribution in [0.1, 0.15) is 34.9 Å². The molecule has 1 fully saturated rings. The third kappa shape index (κ3) is 2.57. The van der Waals surface area contributed by atoms with Crippen LogP contribution in [0.2, 0.25) is 0 Å². The fourth-order valence-electron chi connectivity index (χ4n) is 1.83. The molecule has 0 bridgehead atoms. The van der Waals surface area contributed by atoms with Crippen molar-refractivity contribution in [3.63, 3.8) is 0 Å². The van der Waals surface area contributed by atoms with Gasteiger partial charge in [0.2, 0.25) is 5.88 Å². The Bertz CT molecular complexity index is 587. The van der Waals surface area contributed by atoms with Gasteiger partial charge in [-0.15, -0.1) is 0 Å². The zero-order valence-electron chi connectivity index (χ0n) is 10.5. The van der Waals surface area contributed by atoms with Crippen LogP contribution in [0.5, 0.6) is 5.88 Å². The van der Waals surface area contributed by atoms with Gasteiger partial charge in [-0.25, -0.2) is 4.98 Å². The monoisotopic (exact) mass is 258 g/mol. The summed E-state index contributed by atoms with van der Waals surface area (Å²) in [6, 6.07) is 5.23. The molecule has 98 valence electrons. The third-order valence-corrected chi connectivity index (χ3v) is 3.05. The molecule has 6 heteroatoms. The number of hydrogen-bond acceptors (Lipinski definition) is 4. The maximum Gasteiger partial charge on any atom is 0.276 e. The van der Waals surface area contributed by atoms with Crippen LogP contribution in [0.4, 0.5) is 5.69 Å². The minimum atomic E-state index is -0.241. The standard InChI is InChI=1S/C13H14N4O2/c1-19-12-5-4-9(7-14-12)15-13(18)11-6-10(16-17-11)8-2-3-8/h4-8H,2-3H2,1H3,(H,15,18)(H,16,17). The van der Waals surface area contributed by atoms with Crippen molar-refractivity contribution >= 4 is 11.6 Å². The molecule has 0 unspecified atom stereocenters. The molecular formula is C13H14N4O2. The highest BCUT2D eigenvalue weighted by molar-refractivity contribution is 6.02. The predicted molar refractivity (Wildman–Crippen MR) is 69.3 cm³/mol. The second kappa shape index (κ2) is 4.72. The summed E-state index contributed by atoms with van der Waals surface area (Å²) in [4.78, 5) is 16.0. The van der Waals surface area contributed by atoms with Crippen molar-refractivity contribution in [2.24, 2.45) is 0 Å². The molecule has 2 aromatic rings. The first-order chi connectivity index (χ1) is 9.26. The SMILES string of the molecule is COc1ccc(NC(=O)c2cc(C3CC3)[nH]n2)cn1. The van der Waals surface area contributed by atoms with Crippen LogP contribution in [0, 0.1) is 0 Å². The number of methoxy groups -OCH3 is 1. The van der Waals surface area contributed by atoms with Gasteiger partial charge in [-0.3, -0.25) is 9.89 Å². The van der Waals surface area contributed by atoms with Gasteiger partial charge >= 0.3 is 0 Å². The molecule has 0 spiro atoms. The number of hydrogen-bond donors (Lipinski definition) is 2. The number of carbonyl (C=O) groups excluding carboxylic acids is 1. The number of H-pyrrole nitrogens is 1. The fraction of sp³-hybridized carbons (Fsp3) is 0.308. The Morgan fingerprint density at radius 3 is 2.95 bits per heavy atom. The molecule has 0 aromatic carbocycles. The number of amides is 1. The van der Waals surface area contributed by atoms with Crippen molar-refractivity contribution in [3.05, 3.63) is 35.8 Å². The minimum Gasteiger partial charge on any atom is -0.481 e. The lowest BCUT2D eigenvalue weighted by Gasteiger charge is -2.03. The van der Waals surface area contributed by atoms with Crippen LogP contribution in [0.3, 0.4) is 0 Å². The maximum atomic E-state index is 12.0. The van der Waals surface area contributed by atoms with Gasteiger partial charge in [0.05, 0.1) is 19.0 Å². The van der Waals surface area contributed by atoms with Crippen LogP contribution in [0.15, 0.2) is 24.4 Å². The number of carbonyl (C=O) groups is 1. The Morgan fingerprint density at radius 1 is 1.47 bits per heavy atom. The van der Waals surface area contributed by atoms with Crippen molar-refractivity contribution in [1.29, 1.82) is 0 Å². The smallest absolute Gasteiger partial charge is 0.276 e. The van der Waals surface area contributed by atoms with E-state index in [-0.39, 0.29) is 5.91 Å². The summed E-state index contributed by atoms with van der Waals surface area (Å²) in [6.45, 7) is 0. The summed E-state index contributed by atoms with van der Waals surface area (Å²) in [5, 5.41) is 9.67. The van der Waals surface area contributed by atoms with Gasteiger partial charge in [0.1, 0.15) is 0 Å². The van der Waals surface area contributed by atoms with Crippen LogP contribution < -0.4 is 10.1 Å². The van der Waals surface area contributed by atoms with E-state index in [4.69, 9.17) is 4.74 Å². The molecular weight excluding hydrogens is 244 g/mol. The highest BCUT2D eigenvalue weighted by Crippen LogP contribution is 2.39. The summed E-state index contributed by atoms with van der Waals surface area (Å²) in [7, 11) is 1.55. The second-order valence-electron chi connectivity index (χ2n) is 4.53. The summed E-state index contributed by atoms with van der Waals surface area (Å²) in [6.07, 6.45) is 3.89. The van der Waals surface area contributed by atoms with E-state index in [1.807, 2.05) is 6.07 Å². The van der Waals surface area contributed by atoms with E-state index in [0.29, 0.717) is 23.2 Å². The van der Waals surface area contributed by atoms with Crippen molar-refractivity contribution in [1.82, 2.24) is 15.2 Å². The largest absolute Gasteiger partial charge is 0.481 e. The molecule has 2 N–H and O–H groups in total. The second-order valence-corrected chi connectivity index (χ2v) is 4.53. The Morgan fingerprint density at radius 2 is 2.32 bits per heavy atom. The Hall–Kier alpha value is -2.37. The van der Waals surface area contributed by atoms with E-state index in [1.54, 1.807) is 25.4 Å². The van der Waals surface area contributed by atoms with E-state index in [1.165, 1.54) is 12.8 Å². The molecule has 1 aliphatic carbocycles. The first kappa shape index (κ1) is 11.7. The summed E-state index contributed by atoms with van der Waals surface area (Å²) in [5.74, 6) is 0.820. The van der Waals surface area contributed by atoms with E-state index in [0.717, 1.165) is 5.69 Å². The lowest BCUT2D eigenvalue weighted by molar-refractivity contribution is 0.102. The van der Waals surface area contributed by atoms with Crippen LogP contribution in [-0.2, 0) is 0 Å². The highest BCUT2D eigenvalue weighted by Gasteiger charge is 2.26. The van der Waals surface area contributed by atoms with Gasteiger partial charge < -0.3 is 10.1 Å². The number of aromatic nitrogens is 3. The summed E-state index contributed by atoms with van der Waals surface area (Å²) in [5.41, 5.74) is 2.05. The molecule has 2 heterocycles. The quantitative estimate of drug-likeness (QED) is 0.878. The molecule has 1 amide bonds. The molecule has 0 aliphatic heterocycles. The molecule has 0 atom stereocenters. The third-order valence-electron chi connectivity index (χ3n) is 3.05. The minimum absolute atomic E-state index is 0.241. The molecule has 3 rings (SSSR count). The zero-order chi connectivity index (χ0) is 13.2. The van der Waals surface area contributed by atoms with Crippen molar-refractivity contribution in [2.45, 2.75) is 18.8 Å². The van der Waals surface area contributed by atoms with Crippen LogP contribution in [-0.4, -0.2) is 28.2 Å². The maximum absolute atomic E-state index is 12.0. The van der Waals surface area contributed by atoms with Crippen molar-refractivity contribution < 1.29 is 9.53 Å². The molecule has 1 saturated carbocycles. The average molecular weight is 258 g/mol. The van der Waals surface area contributed by atoms with Gasteiger partial charge in [0, 0.05) is 17.7 Å². The van der Waals surface area contributed by atoms with Crippen molar-refractivity contribution in [2.75, 3.05) is 12.4 Å². The van der Waals surface area contributed by atoms with Crippen molar-refractivity contribution in [3.8, 4) is 5.88 Å². The Labute approximate surface area is 110 Å². The van der Waals surface area contributed by atoms with Crippen LogP contribution in [0.25, 0.3) is 0 Å². The number of rotatable bonds is 4. The lowest BCUT2D eigenvalue weighted by Crippen LogP contribution is -2.12. The summed E-state index contributed by atoms with van der Waals surface area (Å²) < 4.78 is 4.95. The summed E-state index contributed by atoms with van der Waals surface area (Å²) >= 11 is 0. The normalized spacial score (nSPS) is 14.2. The zero-order valence-corrected chi connectivity index (χ0v) is 10.5. The molecule has 2 aromatic heterocycles. The van der Waals surface area contributed by atoms with E-state index < -0.39 is 0 Å². The van der Waals surface area contributed by atoms with E-state index in [9.17, 15) is 4.79 Å². The Kier molecular flexibility index (Phi) is 2.91. The number of nitrogens with zero attached hydrogens (tertiary/aromatic N) is 2. The van der Waals surface area contributed by atoms with E-state index in [2.05, 4.69) is 20.5 Å². The number of nitrogens with one attached hydrogen (secondary N) is 2. The van der Waals surface area contributed by atoms with Gasteiger partial charge in [0.25, 0.3) is 5.91 Å². The number of aromatic amines is 1. The first-order valence-electron chi connectivity index (χ1n) is 6.13. The fourth-order valence-corrected chi connectivity index (χ4v) is 1.83. The lowest BCUT2D eigenvalue weighted by atomic mass is 10.2. The number of anilines is 1. The highest BCUT2D eigenvalue weighted by atomic mass is 16.5. The molecule has 0 radical (unpaired) electrons. The molecule has 6 nitrogen and oxygen atoms in total. The van der Waals surface area contributed by atoms with Gasteiger partial charge in [-0.1, -0.05) is 0 Å². The molecule has 19 heavy (non-hydrogen) atoms. The van der Waals surface area contributed by atoms with Gasteiger partial charge in [-0.05, 0) is 25.0 Å². The Balaban J connectivity index is 1.68. The van der Waals surface area contributed by atoms with Crippen LogP contribution >= 0.6 is 0 Å². The number of ether oxygens (including phenoxy) is 1. The predicted octanol–water partition coefficient (Wildman–Crippen LogP) is 1.94.